The highest BCUT2D eigenvalue weighted by Gasteiger charge is 2.40. The van der Waals surface area contributed by atoms with Crippen molar-refractivity contribution in [3.63, 3.8) is 0 Å². The van der Waals surface area contributed by atoms with Gasteiger partial charge in [0.1, 0.15) is 22.8 Å². The molecule has 0 spiro atoms. The molecule has 3 N–H and O–H groups in total. The largest absolute Gasteiger partial charge is 0.496 e. The molecule has 1 heterocycles. The van der Waals surface area contributed by atoms with Crippen LogP contribution in [0.25, 0.3) is 11.1 Å². The molecule has 0 aliphatic carbocycles. The molecule has 1 aliphatic rings. The molecule has 0 saturated heterocycles. The number of ether oxygens (including phenoxy) is 2. The fourth-order valence-corrected chi connectivity index (χ4v) is 5.95. The Balaban J connectivity index is 1.88. The number of carbonyl (C=O) groups is 1. The van der Waals surface area contributed by atoms with Gasteiger partial charge in [0.15, 0.2) is 0 Å². The molecule has 1 unspecified atom stereocenters. The predicted molar refractivity (Wildman–Crippen MR) is 154 cm³/mol. The molecule has 3 aromatic rings. The molecule has 4 rings (SSSR count). The molecule has 226 valence electrons. The van der Waals surface area contributed by atoms with E-state index in [0.717, 1.165) is 0 Å². The van der Waals surface area contributed by atoms with Crippen molar-refractivity contribution < 1.29 is 40.0 Å². The number of likely N-dealkylation sites (N-methyl/N-ethyl adjacent to an activating group) is 1. The lowest BCUT2D eigenvalue weighted by atomic mass is 9.86. The van der Waals surface area contributed by atoms with E-state index in [1.807, 2.05) is 12.1 Å². The second-order valence-corrected chi connectivity index (χ2v) is 12.0. The summed E-state index contributed by atoms with van der Waals surface area (Å²) < 4.78 is 78.2. The molecule has 1 aliphatic heterocycles. The first-order valence-corrected chi connectivity index (χ1v) is 14.5. The monoisotopic (exact) mass is 607 g/mol. The topological polar surface area (TPSA) is 120 Å². The van der Waals surface area contributed by atoms with Crippen LogP contribution in [0.1, 0.15) is 37.4 Å². The lowest BCUT2D eigenvalue weighted by Crippen LogP contribution is -2.52. The standard InChI is InChI=1S/C29H32F3N3O6S/c1-28(2)27(36)35(3)26-21(34-28)13-12-19(24(26)25(33)20-8-6-7-9-22(20)39-4)18-11-10-17(16-23(18)40-5)41-42(37,38)15-14-29(30,31)32/h6-13,16,25,34H,14-15,33H2,1-5H3. The first-order chi connectivity index (χ1) is 19.6. The van der Waals surface area contributed by atoms with E-state index < -0.39 is 40.0 Å². The minimum atomic E-state index is -4.65. The van der Waals surface area contributed by atoms with Gasteiger partial charge in [-0.15, -0.1) is 0 Å². The van der Waals surface area contributed by atoms with Crippen molar-refractivity contribution in [3.8, 4) is 28.4 Å². The molecule has 0 bridgehead atoms. The van der Waals surface area contributed by atoms with Gasteiger partial charge in [-0.05, 0) is 43.7 Å². The zero-order valence-corrected chi connectivity index (χ0v) is 24.5. The summed E-state index contributed by atoms with van der Waals surface area (Å²) in [7, 11) is 0.00943. The number of carbonyl (C=O) groups excluding carboxylic acids is 1. The van der Waals surface area contributed by atoms with Crippen LogP contribution in [0.2, 0.25) is 0 Å². The third kappa shape index (κ3) is 6.26. The Labute approximate surface area is 242 Å². The number of amides is 1. The Hall–Kier alpha value is -3.97. The van der Waals surface area contributed by atoms with Crippen LogP contribution < -0.4 is 29.6 Å². The van der Waals surface area contributed by atoms with Gasteiger partial charge in [0.05, 0.1) is 43.8 Å². The fraction of sp³-hybridized carbons (Fsp3) is 0.345. The average molecular weight is 608 g/mol. The van der Waals surface area contributed by atoms with Gasteiger partial charge in [0.25, 0.3) is 5.91 Å². The first kappa shape index (κ1) is 31.0. The smallest absolute Gasteiger partial charge is 0.390 e. The number of nitrogens with zero attached hydrogens (tertiary/aromatic N) is 1. The quantitative estimate of drug-likeness (QED) is 0.317. The van der Waals surface area contributed by atoms with Crippen molar-refractivity contribution in [3.05, 3.63) is 65.7 Å². The number of hydrogen-bond acceptors (Lipinski definition) is 8. The van der Waals surface area contributed by atoms with E-state index in [1.54, 1.807) is 45.2 Å². The number of alkyl halides is 3. The lowest BCUT2D eigenvalue weighted by molar-refractivity contribution is -0.130. The number of benzene rings is 3. The number of halogens is 3. The third-order valence-electron chi connectivity index (χ3n) is 6.95. The first-order valence-electron chi connectivity index (χ1n) is 12.9. The van der Waals surface area contributed by atoms with Crippen LogP contribution in [-0.2, 0) is 14.9 Å². The zero-order chi connectivity index (χ0) is 31.0. The Morgan fingerprint density at radius 1 is 1.00 bits per heavy atom. The molecule has 1 amide bonds. The van der Waals surface area contributed by atoms with Crippen LogP contribution >= 0.6 is 0 Å². The molecule has 0 fully saturated rings. The molecule has 9 nitrogen and oxygen atoms in total. The van der Waals surface area contributed by atoms with E-state index >= 15 is 0 Å². The Bertz CT molecular complexity index is 1610. The maximum atomic E-state index is 13.3. The number of fused-ring (bicyclic) bond motifs is 1. The van der Waals surface area contributed by atoms with Crippen molar-refractivity contribution in [2.75, 3.05) is 37.2 Å². The normalized spacial score (nSPS) is 15.5. The second kappa shape index (κ2) is 11.4. The Kier molecular flexibility index (Phi) is 8.38. The van der Waals surface area contributed by atoms with Crippen molar-refractivity contribution in [1.29, 1.82) is 0 Å². The molecule has 13 heteroatoms. The van der Waals surface area contributed by atoms with Crippen molar-refractivity contribution in [2.24, 2.45) is 5.73 Å². The fourth-order valence-electron chi connectivity index (χ4n) is 4.98. The maximum absolute atomic E-state index is 13.3. The molecule has 1 atom stereocenters. The van der Waals surface area contributed by atoms with Crippen molar-refractivity contribution in [2.45, 2.75) is 38.0 Å². The summed E-state index contributed by atoms with van der Waals surface area (Å²) in [5.74, 6) is -0.939. The van der Waals surface area contributed by atoms with Crippen molar-refractivity contribution in [1.82, 2.24) is 0 Å². The van der Waals surface area contributed by atoms with Gasteiger partial charge in [-0.3, -0.25) is 4.79 Å². The van der Waals surface area contributed by atoms with E-state index in [9.17, 15) is 26.4 Å². The van der Waals surface area contributed by atoms with Gasteiger partial charge < -0.3 is 29.6 Å². The van der Waals surface area contributed by atoms with Gasteiger partial charge in [0.2, 0.25) is 0 Å². The van der Waals surface area contributed by atoms with Gasteiger partial charge in [-0.2, -0.15) is 21.6 Å². The van der Waals surface area contributed by atoms with E-state index in [1.165, 1.54) is 37.3 Å². The maximum Gasteiger partial charge on any atom is 0.390 e. The van der Waals surface area contributed by atoms with E-state index in [0.29, 0.717) is 39.4 Å². The molecule has 0 saturated carbocycles. The van der Waals surface area contributed by atoms with E-state index in [2.05, 4.69) is 5.32 Å². The van der Waals surface area contributed by atoms with Crippen LogP contribution in [0.3, 0.4) is 0 Å². The summed E-state index contributed by atoms with van der Waals surface area (Å²) in [6.07, 6.45) is -6.19. The number of para-hydroxylation sites is 1. The summed E-state index contributed by atoms with van der Waals surface area (Å²) in [4.78, 5) is 14.9. The highest BCUT2D eigenvalue weighted by atomic mass is 32.2. The average Bonchev–Trinajstić information content (AvgIpc) is 2.93. The number of rotatable bonds is 9. The summed E-state index contributed by atoms with van der Waals surface area (Å²) in [6.45, 7) is 3.54. The van der Waals surface area contributed by atoms with E-state index in [-0.39, 0.29) is 17.4 Å². The summed E-state index contributed by atoms with van der Waals surface area (Å²) in [6, 6.07) is 14.1. The summed E-state index contributed by atoms with van der Waals surface area (Å²) >= 11 is 0. The molecule has 0 aromatic heterocycles. The number of anilines is 2. The molecular formula is C29H32F3N3O6S. The highest BCUT2D eigenvalue weighted by Crippen LogP contribution is 2.48. The van der Waals surface area contributed by atoms with Gasteiger partial charge in [-0.1, -0.05) is 24.3 Å². The number of hydrogen-bond donors (Lipinski definition) is 2. The summed E-state index contributed by atoms with van der Waals surface area (Å²) in [5, 5.41) is 3.28. The van der Waals surface area contributed by atoms with Crippen LogP contribution in [0.5, 0.6) is 17.2 Å². The molecule has 3 aromatic carbocycles. The minimum absolute atomic E-state index is 0.171. The van der Waals surface area contributed by atoms with Gasteiger partial charge in [-0.25, -0.2) is 0 Å². The number of methoxy groups -OCH3 is 2. The molecular weight excluding hydrogens is 575 g/mol. The third-order valence-corrected chi connectivity index (χ3v) is 8.10. The second-order valence-electron chi connectivity index (χ2n) is 10.3. The summed E-state index contributed by atoms with van der Waals surface area (Å²) in [5.41, 5.74) is 9.49. The van der Waals surface area contributed by atoms with Crippen LogP contribution in [0.15, 0.2) is 54.6 Å². The molecule has 42 heavy (non-hydrogen) atoms. The van der Waals surface area contributed by atoms with Crippen LogP contribution in [0.4, 0.5) is 24.5 Å². The SMILES string of the molecule is COc1cc(OS(=O)(=O)CCC(F)(F)F)ccc1-c1ccc2c(c1C(N)c1ccccc1OC)N(C)C(=O)C(C)(C)N2. The van der Waals surface area contributed by atoms with E-state index in [4.69, 9.17) is 19.4 Å². The number of nitrogens with two attached hydrogens (primary N) is 1. The van der Waals surface area contributed by atoms with Crippen LogP contribution in [-0.4, -0.2) is 53.1 Å². The minimum Gasteiger partial charge on any atom is -0.496 e. The van der Waals surface area contributed by atoms with Gasteiger partial charge in [0, 0.05) is 29.8 Å². The Morgan fingerprint density at radius 3 is 2.29 bits per heavy atom. The predicted octanol–water partition coefficient (Wildman–Crippen LogP) is 5.25. The molecule has 0 radical (unpaired) electrons. The van der Waals surface area contributed by atoms with Crippen molar-refractivity contribution >= 4 is 27.4 Å². The lowest BCUT2D eigenvalue weighted by Gasteiger charge is -2.40. The number of nitrogens with one attached hydrogen (secondary N) is 1. The van der Waals surface area contributed by atoms with Crippen LogP contribution in [0, 0.1) is 0 Å². The zero-order valence-electron chi connectivity index (χ0n) is 23.7. The Morgan fingerprint density at radius 2 is 1.64 bits per heavy atom. The highest BCUT2D eigenvalue weighted by molar-refractivity contribution is 7.87. The van der Waals surface area contributed by atoms with Gasteiger partial charge >= 0.3 is 16.3 Å².